The first kappa shape index (κ1) is 25.3. The van der Waals surface area contributed by atoms with Crippen molar-refractivity contribution in [3.8, 4) is 0 Å². The molecule has 0 aliphatic rings. The van der Waals surface area contributed by atoms with Gasteiger partial charge in [0.2, 0.25) is 11.8 Å². The Morgan fingerprint density at radius 1 is 1.03 bits per heavy atom. The van der Waals surface area contributed by atoms with Gasteiger partial charge in [-0.1, -0.05) is 0 Å². The van der Waals surface area contributed by atoms with Crippen LogP contribution in [0.2, 0.25) is 0 Å². The van der Waals surface area contributed by atoms with Crippen LogP contribution in [-0.4, -0.2) is 61.4 Å². The minimum absolute atomic E-state index is 0.0536. The van der Waals surface area contributed by atoms with Gasteiger partial charge in [-0.25, -0.2) is 9.97 Å². The number of amides is 2. The molecule has 0 bridgehead atoms. The second kappa shape index (κ2) is 12.8. The number of thioether (sulfide) groups is 1. The van der Waals surface area contributed by atoms with Crippen LogP contribution in [0, 0.1) is 11.8 Å². The summed E-state index contributed by atoms with van der Waals surface area (Å²) in [5.74, 6) is -2.04. The Bertz CT molecular complexity index is 884. The molecule has 0 spiro atoms. The number of rotatable bonds is 15. The number of imidazole rings is 2. The maximum Gasteiger partial charge on any atom is 0.224 e. The minimum Gasteiger partial charge on any atom is -0.369 e. The van der Waals surface area contributed by atoms with Crippen LogP contribution in [0.4, 0.5) is 0 Å². The number of nitrogens with one attached hydrogen (secondary N) is 3. The lowest BCUT2D eigenvalue weighted by Crippen LogP contribution is -2.46. The van der Waals surface area contributed by atoms with Gasteiger partial charge in [0.05, 0.1) is 30.5 Å². The number of carbonyl (C=O) groups excluding carboxylic acids is 4. The van der Waals surface area contributed by atoms with Crippen LogP contribution in [0.5, 0.6) is 0 Å². The molecular formula is C21H30N6O4S. The number of H-pyrrole nitrogens is 2. The third kappa shape index (κ3) is 8.29. The predicted molar refractivity (Wildman–Crippen MR) is 121 cm³/mol. The summed E-state index contributed by atoms with van der Waals surface area (Å²) in [5, 5.41) is 2.81. The molecule has 2 heterocycles. The molecule has 0 radical (unpaired) electrons. The summed E-state index contributed by atoms with van der Waals surface area (Å²) in [7, 11) is 0. The van der Waals surface area contributed by atoms with E-state index in [1.165, 1.54) is 19.6 Å². The summed E-state index contributed by atoms with van der Waals surface area (Å²) < 4.78 is 0. The van der Waals surface area contributed by atoms with Crippen LogP contribution in [0.3, 0.4) is 0 Å². The molecule has 10 nitrogen and oxygen atoms in total. The Morgan fingerprint density at radius 2 is 1.62 bits per heavy atom. The van der Waals surface area contributed by atoms with Crippen LogP contribution in [-0.2, 0) is 32.0 Å². The zero-order valence-electron chi connectivity index (χ0n) is 18.3. The molecule has 2 aromatic heterocycles. The van der Waals surface area contributed by atoms with Gasteiger partial charge in [-0.05, 0) is 25.4 Å². The first-order valence-corrected chi connectivity index (χ1v) is 11.7. The van der Waals surface area contributed by atoms with Gasteiger partial charge in [-0.2, -0.15) is 11.8 Å². The minimum atomic E-state index is -0.769. The zero-order valence-corrected chi connectivity index (χ0v) is 19.1. The molecule has 0 saturated carbocycles. The van der Waals surface area contributed by atoms with Crippen LogP contribution >= 0.6 is 11.8 Å². The fourth-order valence-corrected chi connectivity index (χ4v) is 3.90. The molecule has 0 fully saturated rings. The van der Waals surface area contributed by atoms with Crippen molar-refractivity contribution in [3.05, 3.63) is 36.4 Å². The molecule has 2 aromatic rings. The topological polar surface area (TPSA) is 164 Å². The molecule has 2 amide bonds. The number of nitrogens with zero attached hydrogens (tertiary/aromatic N) is 2. The Balaban J connectivity index is 2.09. The van der Waals surface area contributed by atoms with E-state index in [1.54, 1.807) is 24.2 Å². The quantitative estimate of drug-likeness (QED) is 0.304. The van der Waals surface area contributed by atoms with E-state index in [0.717, 1.165) is 5.69 Å². The molecule has 0 aliphatic heterocycles. The second-order valence-electron chi connectivity index (χ2n) is 7.78. The molecule has 3 atom stereocenters. The molecular weight excluding hydrogens is 432 g/mol. The van der Waals surface area contributed by atoms with Gasteiger partial charge >= 0.3 is 0 Å². The normalized spacial score (nSPS) is 13.8. The summed E-state index contributed by atoms with van der Waals surface area (Å²) in [6.07, 6.45) is 9.03. The molecule has 11 heteroatoms. The molecule has 2 rings (SSSR count). The Morgan fingerprint density at radius 3 is 2.09 bits per heavy atom. The average molecular weight is 463 g/mol. The van der Waals surface area contributed by atoms with E-state index in [0.29, 0.717) is 24.3 Å². The first-order chi connectivity index (χ1) is 15.3. The number of Topliss-reactive ketones (excluding diaryl/α,β-unsaturated/α-hetero) is 2. The number of ketones is 2. The van der Waals surface area contributed by atoms with Crippen LogP contribution in [0.15, 0.2) is 25.0 Å². The van der Waals surface area contributed by atoms with Crippen molar-refractivity contribution >= 4 is 35.1 Å². The van der Waals surface area contributed by atoms with Gasteiger partial charge in [0.25, 0.3) is 0 Å². The van der Waals surface area contributed by atoms with Gasteiger partial charge < -0.3 is 25.8 Å². The van der Waals surface area contributed by atoms with E-state index in [2.05, 4.69) is 25.3 Å². The van der Waals surface area contributed by atoms with Gasteiger partial charge in [0.1, 0.15) is 5.78 Å². The van der Waals surface area contributed by atoms with Crippen molar-refractivity contribution in [2.75, 3.05) is 12.0 Å². The van der Waals surface area contributed by atoms with Gasteiger partial charge in [-0.3, -0.25) is 14.4 Å². The number of nitrogens with two attached hydrogens (primary N) is 1. The number of aromatic amines is 2. The van der Waals surface area contributed by atoms with Crippen molar-refractivity contribution in [1.29, 1.82) is 0 Å². The van der Waals surface area contributed by atoms with E-state index in [4.69, 9.17) is 5.73 Å². The van der Waals surface area contributed by atoms with Gasteiger partial charge in [-0.15, -0.1) is 0 Å². The molecule has 0 aromatic carbocycles. The third-order valence-electron chi connectivity index (χ3n) is 5.11. The smallest absolute Gasteiger partial charge is 0.224 e. The van der Waals surface area contributed by atoms with Crippen molar-refractivity contribution in [2.24, 2.45) is 17.6 Å². The lowest BCUT2D eigenvalue weighted by atomic mass is 9.92. The summed E-state index contributed by atoms with van der Waals surface area (Å²) in [5.41, 5.74) is 6.95. The van der Waals surface area contributed by atoms with Crippen LogP contribution in [0.25, 0.3) is 0 Å². The maximum absolute atomic E-state index is 13.0. The molecule has 5 N–H and O–H groups in total. The number of aromatic nitrogens is 4. The molecule has 0 unspecified atom stereocenters. The number of hydrogen-bond acceptors (Lipinski definition) is 7. The molecule has 0 aliphatic carbocycles. The van der Waals surface area contributed by atoms with Crippen molar-refractivity contribution < 1.29 is 19.2 Å². The molecule has 174 valence electrons. The zero-order chi connectivity index (χ0) is 23.5. The van der Waals surface area contributed by atoms with Gasteiger partial charge in [0.15, 0.2) is 5.78 Å². The number of primary amides is 1. The fourth-order valence-electron chi connectivity index (χ4n) is 3.43. The SMILES string of the molecule is CSCC[C@H](NC(=O)[C@@H](CC(C)=O)Cc1cnc[nH]1)C(=O)C[C@@H](Cc1cnc[nH]1)C(N)=O. The maximum atomic E-state index is 13.0. The van der Waals surface area contributed by atoms with Crippen LogP contribution in [0.1, 0.15) is 37.6 Å². The number of hydrogen-bond donors (Lipinski definition) is 4. The van der Waals surface area contributed by atoms with E-state index in [-0.39, 0.29) is 36.7 Å². The van der Waals surface area contributed by atoms with E-state index >= 15 is 0 Å². The van der Waals surface area contributed by atoms with E-state index in [1.807, 2.05) is 6.26 Å². The van der Waals surface area contributed by atoms with Crippen LogP contribution < -0.4 is 11.1 Å². The number of carbonyl (C=O) groups is 4. The highest BCUT2D eigenvalue weighted by molar-refractivity contribution is 7.98. The predicted octanol–water partition coefficient (Wildman–Crippen LogP) is 0.812. The van der Waals surface area contributed by atoms with Crippen molar-refractivity contribution in [2.45, 2.75) is 45.1 Å². The largest absolute Gasteiger partial charge is 0.369 e. The monoisotopic (exact) mass is 462 g/mol. The Labute approximate surface area is 190 Å². The van der Waals surface area contributed by atoms with Crippen molar-refractivity contribution in [1.82, 2.24) is 25.3 Å². The first-order valence-electron chi connectivity index (χ1n) is 10.3. The highest BCUT2D eigenvalue weighted by Crippen LogP contribution is 2.16. The molecule has 0 saturated heterocycles. The standard InChI is InChI=1S/C21H30N6O4S/c1-13(28)5-15(7-17-10-24-12-26-17)21(31)27-18(3-4-32-2)19(29)8-14(20(22)30)6-16-9-23-11-25-16/h9-12,14-15,18H,3-8H2,1-2H3,(H2,22,30)(H,23,25)(H,24,26)(H,27,31)/t14-,15+,18+/m1/s1. The molecule has 32 heavy (non-hydrogen) atoms. The van der Waals surface area contributed by atoms with E-state index in [9.17, 15) is 19.2 Å². The lowest BCUT2D eigenvalue weighted by Gasteiger charge is -2.23. The Kier molecular flexibility index (Phi) is 10.1. The highest BCUT2D eigenvalue weighted by atomic mass is 32.2. The third-order valence-corrected chi connectivity index (χ3v) is 5.76. The van der Waals surface area contributed by atoms with E-state index < -0.39 is 23.8 Å². The lowest BCUT2D eigenvalue weighted by molar-refractivity contribution is -0.133. The summed E-state index contributed by atoms with van der Waals surface area (Å²) in [6.45, 7) is 1.43. The summed E-state index contributed by atoms with van der Waals surface area (Å²) in [4.78, 5) is 63.4. The Hall–Kier alpha value is -2.95. The average Bonchev–Trinajstić information content (AvgIpc) is 3.43. The summed E-state index contributed by atoms with van der Waals surface area (Å²) >= 11 is 1.55. The van der Waals surface area contributed by atoms with Crippen molar-refractivity contribution in [3.63, 3.8) is 0 Å². The summed E-state index contributed by atoms with van der Waals surface area (Å²) in [6, 6.07) is -0.769. The highest BCUT2D eigenvalue weighted by Gasteiger charge is 2.29. The fraction of sp³-hybridized carbons (Fsp3) is 0.524. The second-order valence-corrected chi connectivity index (χ2v) is 8.76. The van der Waals surface area contributed by atoms with Gasteiger partial charge in [0, 0.05) is 49.5 Å².